The van der Waals surface area contributed by atoms with E-state index in [4.69, 9.17) is 19.0 Å². The Bertz CT molecular complexity index is 471. The third-order valence-electron chi connectivity index (χ3n) is 3.65. The summed E-state index contributed by atoms with van der Waals surface area (Å²) in [5.74, 6) is 0.298. The first kappa shape index (κ1) is 24.1. The van der Waals surface area contributed by atoms with E-state index in [0.29, 0.717) is 5.75 Å². The quantitative estimate of drug-likeness (QED) is 0.373. The second-order valence-corrected chi connectivity index (χ2v) is 7.01. The van der Waals surface area contributed by atoms with Gasteiger partial charge in [0.2, 0.25) is 0 Å². The third kappa shape index (κ3) is 15.1. The summed E-state index contributed by atoms with van der Waals surface area (Å²) in [4.78, 5) is 17.8. The molecule has 0 aliphatic carbocycles. The standard InChI is InChI=1S/C15H25O4P.C4H10O/c1-2-3-4-5-6-7-8-11-14-12-9-10-13-15(14)19-20(16,17)18;1-3-5-4-2/h9-10,12-13H,2-8,11H2,1H3,(H2,16,17,18);3-4H2,1-2H3. The first-order valence-corrected chi connectivity index (χ1v) is 10.9. The summed E-state index contributed by atoms with van der Waals surface area (Å²) in [7, 11) is -4.47. The minimum absolute atomic E-state index is 0.298. The number of rotatable bonds is 12. The van der Waals surface area contributed by atoms with Crippen molar-refractivity contribution < 1.29 is 23.6 Å². The summed E-state index contributed by atoms with van der Waals surface area (Å²) in [6.07, 6.45) is 9.32. The van der Waals surface area contributed by atoms with E-state index in [9.17, 15) is 4.57 Å². The van der Waals surface area contributed by atoms with Gasteiger partial charge in [0.15, 0.2) is 0 Å². The van der Waals surface area contributed by atoms with Crippen LogP contribution in [0.3, 0.4) is 0 Å². The van der Waals surface area contributed by atoms with E-state index in [1.807, 2.05) is 26.0 Å². The smallest absolute Gasteiger partial charge is 0.404 e. The van der Waals surface area contributed by atoms with Gasteiger partial charge in [0.1, 0.15) is 5.75 Å². The zero-order valence-corrected chi connectivity index (χ0v) is 16.8. The summed E-state index contributed by atoms with van der Waals surface area (Å²) >= 11 is 0. The lowest BCUT2D eigenvalue weighted by atomic mass is 10.0. The molecule has 1 aromatic rings. The van der Waals surface area contributed by atoms with E-state index in [2.05, 4.69) is 6.92 Å². The second kappa shape index (κ2) is 15.4. The zero-order chi connectivity index (χ0) is 19.0. The number of hydrogen-bond donors (Lipinski definition) is 2. The van der Waals surface area contributed by atoms with Gasteiger partial charge in [-0.1, -0.05) is 63.6 Å². The van der Waals surface area contributed by atoms with Gasteiger partial charge in [-0.05, 0) is 38.3 Å². The molecule has 0 unspecified atom stereocenters. The van der Waals surface area contributed by atoms with Crippen LogP contribution < -0.4 is 4.52 Å². The van der Waals surface area contributed by atoms with Crippen LogP contribution in [0.1, 0.15) is 71.3 Å². The van der Waals surface area contributed by atoms with Crippen LogP contribution in [0.2, 0.25) is 0 Å². The van der Waals surface area contributed by atoms with Crippen molar-refractivity contribution in [1.29, 1.82) is 0 Å². The molecule has 0 aliphatic rings. The molecular formula is C19H35O5P. The highest BCUT2D eigenvalue weighted by Crippen LogP contribution is 2.39. The summed E-state index contributed by atoms with van der Waals surface area (Å²) < 4.78 is 20.4. The average Bonchev–Trinajstić information content (AvgIpc) is 2.55. The third-order valence-corrected chi connectivity index (χ3v) is 4.08. The Morgan fingerprint density at radius 1 is 0.880 bits per heavy atom. The molecule has 0 radical (unpaired) electrons. The molecule has 0 aliphatic heterocycles. The maximum atomic E-state index is 10.9. The van der Waals surface area contributed by atoms with Crippen LogP contribution in [0.5, 0.6) is 5.75 Å². The van der Waals surface area contributed by atoms with Crippen molar-refractivity contribution in [3.63, 3.8) is 0 Å². The average molecular weight is 374 g/mol. The van der Waals surface area contributed by atoms with E-state index in [0.717, 1.165) is 38.0 Å². The number of phosphoric ester groups is 1. The van der Waals surface area contributed by atoms with Crippen LogP contribution in [-0.2, 0) is 15.7 Å². The number of aryl methyl sites for hydroxylation is 1. The summed E-state index contributed by atoms with van der Waals surface area (Å²) in [5.41, 5.74) is 0.865. The van der Waals surface area contributed by atoms with E-state index < -0.39 is 7.82 Å². The predicted octanol–water partition coefficient (Wildman–Crippen LogP) is 5.49. The molecular weight excluding hydrogens is 339 g/mol. The fourth-order valence-corrected chi connectivity index (χ4v) is 2.84. The van der Waals surface area contributed by atoms with Crippen molar-refractivity contribution in [2.24, 2.45) is 0 Å². The molecule has 25 heavy (non-hydrogen) atoms. The van der Waals surface area contributed by atoms with Crippen LogP contribution in [0.4, 0.5) is 0 Å². The molecule has 1 aromatic carbocycles. The normalized spacial score (nSPS) is 10.9. The number of para-hydroxylation sites is 1. The highest BCUT2D eigenvalue weighted by molar-refractivity contribution is 7.46. The Kier molecular flexibility index (Phi) is 14.9. The van der Waals surface area contributed by atoms with Gasteiger partial charge in [-0.3, -0.25) is 9.79 Å². The fraction of sp³-hybridized carbons (Fsp3) is 0.684. The van der Waals surface area contributed by atoms with Gasteiger partial charge in [-0.2, -0.15) is 0 Å². The molecule has 0 saturated carbocycles. The number of ether oxygens (including phenoxy) is 1. The van der Waals surface area contributed by atoms with Gasteiger partial charge in [0, 0.05) is 13.2 Å². The molecule has 0 atom stereocenters. The number of phosphoric acid groups is 1. The molecule has 1 rings (SSSR count). The molecule has 0 aromatic heterocycles. The van der Waals surface area contributed by atoms with Gasteiger partial charge in [-0.15, -0.1) is 0 Å². The lowest BCUT2D eigenvalue weighted by Crippen LogP contribution is -1.95. The first-order chi connectivity index (χ1) is 11.9. The van der Waals surface area contributed by atoms with Gasteiger partial charge >= 0.3 is 7.82 Å². The van der Waals surface area contributed by atoms with E-state index >= 15 is 0 Å². The lowest BCUT2D eigenvalue weighted by molar-refractivity contribution is 0.162. The SMILES string of the molecule is CCCCCCCCCc1ccccc1OP(=O)(O)O.CCOCC. The molecule has 0 bridgehead atoms. The van der Waals surface area contributed by atoms with Crippen molar-refractivity contribution >= 4 is 7.82 Å². The Hall–Kier alpha value is -0.870. The Morgan fingerprint density at radius 2 is 1.44 bits per heavy atom. The minimum atomic E-state index is -4.47. The lowest BCUT2D eigenvalue weighted by Gasteiger charge is -2.11. The molecule has 0 heterocycles. The maximum Gasteiger partial charge on any atom is 0.524 e. The van der Waals surface area contributed by atoms with Crippen LogP contribution in [0.25, 0.3) is 0 Å². The molecule has 0 fully saturated rings. The first-order valence-electron chi connectivity index (χ1n) is 9.35. The van der Waals surface area contributed by atoms with Gasteiger partial charge < -0.3 is 9.26 Å². The fourth-order valence-electron chi connectivity index (χ4n) is 2.40. The molecule has 5 nitrogen and oxygen atoms in total. The highest BCUT2D eigenvalue weighted by atomic mass is 31.2. The van der Waals surface area contributed by atoms with Gasteiger partial charge in [0.25, 0.3) is 0 Å². The summed E-state index contributed by atoms with van der Waals surface area (Å²) in [5, 5.41) is 0. The second-order valence-electron chi connectivity index (χ2n) is 5.84. The number of benzene rings is 1. The highest BCUT2D eigenvalue weighted by Gasteiger charge is 2.17. The van der Waals surface area contributed by atoms with Crippen molar-refractivity contribution in [3.05, 3.63) is 29.8 Å². The van der Waals surface area contributed by atoms with Crippen molar-refractivity contribution in [3.8, 4) is 5.75 Å². The van der Waals surface area contributed by atoms with Gasteiger partial charge in [-0.25, -0.2) is 4.57 Å². The Morgan fingerprint density at radius 3 is 1.96 bits per heavy atom. The predicted molar refractivity (Wildman–Crippen MR) is 103 cm³/mol. The van der Waals surface area contributed by atoms with Crippen molar-refractivity contribution in [2.75, 3.05) is 13.2 Å². The molecule has 146 valence electrons. The monoisotopic (exact) mass is 374 g/mol. The minimum Gasteiger partial charge on any atom is -0.404 e. The summed E-state index contributed by atoms with van der Waals surface area (Å²) in [6, 6.07) is 7.06. The summed E-state index contributed by atoms with van der Waals surface area (Å²) in [6.45, 7) is 7.87. The Labute approximate surface area is 153 Å². The van der Waals surface area contributed by atoms with E-state index in [1.165, 1.54) is 32.1 Å². The topological polar surface area (TPSA) is 76.0 Å². The van der Waals surface area contributed by atoms with Crippen LogP contribution in [0.15, 0.2) is 24.3 Å². The largest absolute Gasteiger partial charge is 0.524 e. The van der Waals surface area contributed by atoms with Crippen LogP contribution in [-0.4, -0.2) is 23.0 Å². The zero-order valence-electron chi connectivity index (χ0n) is 15.9. The van der Waals surface area contributed by atoms with E-state index in [-0.39, 0.29) is 0 Å². The van der Waals surface area contributed by atoms with Gasteiger partial charge in [0.05, 0.1) is 0 Å². The molecule has 0 saturated heterocycles. The van der Waals surface area contributed by atoms with Crippen molar-refractivity contribution in [1.82, 2.24) is 0 Å². The molecule has 0 amide bonds. The van der Waals surface area contributed by atoms with E-state index in [1.54, 1.807) is 12.1 Å². The molecule has 0 spiro atoms. The van der Waals surface area contributed by atoms with Crippen LogP contribution in [0, 0.1) is 0 Å². The van der Waals surface area contributed by atoms with Crippen molar-refractivity contribution in [2.45, 2.75) is 72.1 Å². The van der Waals surface area contributed by atoms with Crippen LogP contribution >= 0.6 is 7.82 Å². The molecule has 2 N–H and O–H groups in total. The number of hydrogen-bond acceptors (Lipinski definition) is 3. The molecule has 6 heteroatoms. The Balaban J connectivity index is 0.00000101. The number of unbranched alkanes of at least 4 members (excludes halogenated alkanes) is 6. The maximum absolute atomic E-state index is 10.9.